The number of hydrogen-bond donors (Lipinski definition) is 0. The highest BCUT2D eigenvalue weighted by Gasteiger charge is 2.33. The summed E-state index contributed by atoms with van der Waals surface area (Å²) in [6.45, 7) is 0. The number of halogens is 5. The molecule has 22 heavy (non-hydrogen) atoms. The van der Waals surface area contributed by atoms with E-state index >= 15 is 0 Å². The molecule has 0 amide bonds. The van der Waals surface area contributed by atoms with Gasteiger partial charge in [-0.3, -0.25) is 0 Å². The van der Waals surface area contributed by atoms with E-state index < -0.39 is 23.7 Å². The largest absolute Gasteiger partial charge is 0.573 e. The van der Waals surface area contributed by atoms with E-state index in [0.717, 1.165) is 6.07 Å². The summed E-state index contributed by atoms with van der Waals surface area (Å²) in [5.74, 6) is -2.82. The predicted molar refractivity (Wildman–Crippen MR) is 72.5 cm³/mol. The molecule has 0 atom stereocenters. The summed E-state index contributed by atoms with van der Waals surface area (Å²) in [6.07, 6.45) is -5.00. The second-order valence-electron chi connectivity index (χ2n) is 4.36. The van der Waals surface area contributed by atoms with E-state index in [-0.39, 0.29) is 15.1 Å². The van der Waals surface area contributed by atoms with Gasteiger partial charge in [0, 0.05) is 10.8 Å². The SMILES string of the molecule is COc1ccc2c(sc3c(F)c(OC(F)(F)F)ccc32)c1F. The van der Waals surface area contributed by atoms with Crippen LogP contribution in [0.3, 0.4) is 0 Å². The zero-order valence-electron chi connectivity index (χ0n) is 10.9. The number of benzene rings is 2. The van der Waals surface area contributed by atoms with Crippen molar-refractivity contribution in [1.82, 2.24) is 0 Å². The van der Waals surface area contributed by atoms with Gasteiger partial charge in [0.2, 0.25) is 0 Å². The summed E-state index contributed by atoms with van der Waals surface area (Å²) in [7, 11) is 1.29. The average Bonchev–Trinajstić information content (AvgIpc) is 2.82. The minimum absolute atomic E-state index is 0.0220. The summed E-state index contributed by atoms with van der Waals surface area (Å²) < 4.78 is 73.5. The number of alkyl halides is 3. The number of methoxy groups -OCH3 is 1. The fourth-order valence-electron chi connectivity index (χ4n) is 2.16. The Bertz CT molecular complexity index is 869. The molecule has 0 unspecified atom stereocenters. The molecule has 116 valence electrons. The van der Waals surface area contributed by atoms with Crippen molar-refractivity contribution in [2.45, 2.75) is 6.36 Å². The van der Waals surface area contributed by atoms with Crippen LogP contribution in [0.15, 0.2) is 24.3 Å². The van der Waals surface area contributed by atoms with Gasteiger partial charge in [-0.15, -0.1) is 24.5 Å². The molecule has 3 rings (SSSR count). The molecule has 1 aromatic heterocycles. The first-order valence-electron chi connectivity index (χ1n) is 5.95. The molecule has 0 bridgehead atoms. The molecular formula is C14H7F5O2S. The van der Waals surface area contributed by atoms with Crippen molar-refractivity contribution >= 4 is 31.5 Å². The highest BCUT2D eigenvalue weighted by molar-refractivity contribution is 7.25. The van der Waals surface area contributed by atoms with E-state index in [1.165, 1.54) is 25.3 Å². The molecule has 2 nitrogen and oxygen atoms in total. The number of rotatable bonds is 2. The molecule has 1 heterocycles. The highest BCUT2D eigenvalue weighted by Crippen LogP contribution is 2.42. The first-order chi connectivity index (χ1) is 10.3. The summed E-state index contributed by atoms with van der Waals surface area (Å²) in [6, 6.07) is 5.05. The zero-order valence-corrected chi connectivity index (χ0v) is 11.7. The Kier molecular flexibility index (Phi) is 3.36. The van der Waals surface area contributed by atoms with Crippen molar-refractivity contribution in [3.8, 4) is 11.5 Å². The second kappa shape index (κ2) is 4.98. The molecule has 0 spiro atoms. The van der Waals surface area contributed by atoms with E-state index in [1.54, 1.807) is 0 Å². The van der Waals surface area contributed by atoms with Crippen molar-refractivity contribution in [3.63, 3.8) is 0 Å². The fraction of sp³-hybridized carbons (Fsp3) is 0.143. The number of thiophene rings is 1. The summed E-state index contributed by atoms with van der Waals surface area (Å²) in [4.78, 5) is 0. The van der Waals surface area contributed by atoms with E-state index in [9.17, 15) is 22.0 Å². The Labute approximate surface area is 124 Å². The lowest BCUT2D eigenvalue weighted by atomic mass is 10.1. The van der Waals surface area contributed by atoms with Crippen LogP contribution in [0.2, 0.25) is 0 Å². The van der Waals surface area contributed by atoms with Crippen LogP contribution < -0.4 is 9.47 Å². The molecule has 0 aliphatic rings. The minimum atomic E-state index is -5.00. The van der Waals surface area contributed by atoms with Gasteiger partial charge in [-0.25, -0.2) is 8.78 Å². The molecule has 0 fully saturated rings. The smallest absolute Gasteiger partial charge is 0.494 e. The third-order valence-electron chi connectivity index (χ3n) is 3.06. The van der Waals surface area contributed by atoms with Crippen LogP contribution in [0.4, 0.5) is 22.0 Å². The van der Waals surface area contributed by atoms with Gasteiger partial charge in [0.05, 0.1) is 16.5 Å². The molecule has 0 N–H and O–H groups in total. The highest BCUT2D eigenvalue weighted by atomic mass is 32.1. The molecule has 0 radical (unpaired) electrons. The Morgan fingerprint density at radius 2 is 1.36 bits per heavy atom. The van der Waals surface area contributed by atoms with Crippen LogP contribution in [0, 0.1) is 11.6 Å². The first kappa shape index (κ1) is 14.8. The van der Waals surface area contributed by atoms with Crippen molar-refractivity contribution in [1.29, 1.82) is 0 Å². The molecule has 2 aromatic carbocycles. The normalized spacial score (nSPS) is 12.1. The van der Waals surface area contributed by atoms with Gasteiger partial charge in [0.1, 0.15) is 0 Å². The fourth-order valence-corrected chi connectivity index (χ4v) is 3.32. The predicted octanol–water partition coefficient (Wildman–Crippen LogP) is 5.24. The van der Waals surface area contributed by atoms with Gasteiger partial charge in [-0.05, 0) is 24.3 Å². The number of hydrogen-bond acceptors (Lipinski definition) is 3. The van der Waals surface area contributed by atoms with Crippen LogP contribution in [-0.2, 0) is 0 Å². The molecular weight excluding hydrogens is 327 g/mol. The third-order valence-corrected chi connectivity index (χ3v) is 4.27. The van der Waals surface area contributed by atoms with E-state index in [0.29, 0.717) is 22.1 Å². The monoisotopic (exact) mass is 334 g/mol. The minimum Gasteiger partial charge on any atom is -0.494 e. The second-order valence-corrected chi connectivity index (χ2v) is 5.38. The topological polar surface area (TPSA) is 18.5 Å². The maximum Gasteiger partial charge on any atom is 0.573 e. The van der Waals surface area contributed by atoms with Crippen LogP contribution in [0.5, 0.6) is 11.5 Å². The molecule has 0 aliphatic heterocycles. The molecule has 0 saturated heterocycles. The third kappa shape index (κ3) is 2.33. The summed E-state index contributed by atoms with van der Waals surface area (Å²) in [5, 5.41) is 0.712. The number of fused-ring (bicyclic) bond motifs is 3. The Morgan fingerprint density at radius 3 is 1.86 bits per heavy atom. The lowest BCUT2D eigenvalue weighted by Crippen LogP contribution is -2.17. The summed E-state index contributed by atoms with van der Waals surface area (Å²) in [5.41, 5.74) is 0. The standard InChI is InChI=1S/C14H7F5O2S/c1-20-8-4-2-6-7-3-5-9(21-14(17,18)19)11(16)13(7)22-12(6)10(8)15/h2-5H,1H3. The Morgan fingerprint density at radius 1 is 0.864 bits per heavy atom. The maximum atomic E-state index is 14.2. The van der Waals surface area contributed by atoms with E-state index in [1.807, 2.05) is 0 Å². The zero-order chi connectivity index (χ0) is 16.1. The van der Waals surface area contributed by atoms with Crippen LogP contribution in [-0.4, -0.2) is 13.5 Å². The Hall–Kier alpha value is -2.09. The van der Waals surface area contributed by atoms with Crippen LogP contribution in [0.1, 0.15) is 0 Å². The maximum absolute atomic E-state index is 14.2. The summed E-state index contributed by atoms with van der Waals surface area (Å²) >= 11 is 0.707. The van der Waals surface area contributed by atoms with Gasteiger partial charge >= 0.3 is 6.36 Å². The van der Waals surface area contributed by atoms with E-state index in [4.69, 9.17) is 4.74 Å². The van der Waals surface area contributed by atoms with Crippen molar-refractivity contribution in [3.05, 3.63) is 35.9 Å². The van der Waals surface area contributed by atoms with Gasteiger partial charge in [-0.2, -0.15) is 0 Å². The van der Waals surface area contributed by atoms with Gasteiger partial charge in [-0.1, -0.05) is 0 Å². The van der Waals surface area contributed by atoms with Crippen LogP contribution in [0.25, 0.3) is 20.2 Å². The van der Waals surface area contributed by atoms with Crippen molar-refractivity contribution < 1.29 is 31.4 Å². The molecule has 0 aliphatic carbocycles. The Balaban J connectivity index is 2.27. The molecule has 0 saturated carbocycles. The molecule has 3 aromatic rings. The van der Waals surface area contributed by atoms with Gasteiger partial charge in [0.25, 0.3) is 0 Å². The average molecular weight is 334 g/mol. The van der Waals surface area contributed by atoms with Crippen molar-refractivity contribution in [2.75, 3.05) is 7.11 Å². The lowest BCUT2D eigenvalue weighted by molar-refractivity contribution is -0.275. The first-order valence-corrected chi connectivity index (χ1v) is 6.76. The van der Waals surface area contributed by atoms with E-state index in [2.05, 4.69) is 4.74 Å². The van der Waals surface area contributed by atoms with Gasteiger partial charge in [0.15, 0.2) is 23.1 Å². The van der Waals surface area contributed by atoms with Crippen molar-refractivity contribution in [2.24, 2.45) is 0 Å². The molecule has 8 heteroatoms. The van der Waals surface area contributed by atoms with Crippen LogP contribution >= 0.6 is 11.3 Å². The number of ether oxygens (including phenoxy) is 2. The lowest BCUT2D eigenvalue weighted by Gasteiger charge is -2.09. The van der Waals surface area contributed by atoms with Gasteiger partial charge < -0.3 is 9.47 Å². The quantitative estimate of drug-likeness (QED) is 0.597.